The molecule has 1 heterocycles. The van der Waals surface area contributed by atoms with Gasteiger partial charge in [0.1, 0.15) is 0 Å². The summed E-state index contributed by atoms with van der Waals surface area (Å²) in [6.45, 7) is 6.17. The van der Waals surface area contributed by atoms with Gasteiger partial charge < -0.3 is 10.2 Å². The number of thiazole rings is 1. The molecule has 3 nitrogen and oxygen atoms in total. The monoisotopic (exact) mass is 275 g/mol. The van der Waals surface area contributed by atoms with Gasteiger partial charge in [0.05, 0.1) is 5.69 Å². The van der Waals surface area contributed by atoms with Crippen LogP contribution in [-0.2, 0) is 6.54 Å². The van der Waals surface area contributed by atoms with Gasteiger partial charge in [-0.05, 0) is 32.0 Å². The number of aryl methyl sites for hydroxylation is 1. The zero-order valence-corrected chi connectivity index (χ0v) is 12.6. The van der Waals surface area contributed by atoms with Crippen LogP contribution in [0.25, 0.3) is 0 Å². The van der Waals surface area contributed by atoms with Crippen LogP contribution in [0.3, 0.4) is 0 Å². The minimum absolute atomic E-state index is 0.853. The predicted molar refractivity (Wildman–Crippen MR) is 83.4 cm³/mol. The third-order valence-corrected chi connectivity index (χ3v) is 3.95. The van der Waals surface area contributed by atoms with Gasteiger partial charge in [-0.25, -0.2) is 4.98 Å². The maximum absolute atomic E-state index is 4.66. The van der Waals surface area contributed by atoms with Crippen molar-refractivity contribution in [3.05, 3.63) is 40.9 Å². The normalized spacial score (nSPS) is 10.7. The second-order valence-electron chi connectivity index (χ2n) is 4.69. The van der Waals surface area contributed by atoms with Crippen molar-refractivity contribution in [1.29, 1.82) is 0 Å². The van der Waals surface area contributed by atoms with Crippen LogP contribution in [0.1, 0.15) is 24.6 Å². The van der Waals surface area contributed by atoms with Crippen molar-refractivity contribution in [2.75, 3.05) is 18.5 Å². The van der Waals surface area contributed by atoms with Gasteiger partial charge in [0.2, 0.25) is 0 Å². The summed E-state index contributed by atoms with van der Waals surface area (Å²) in [6, 6.07) is 8.52. The zero-order valence-electron chi connectivity index (χ0n) is 11.8. The predicted octanol–water partition coefficient (Wildman–Crippen LogP) is 3.72. The first-order valence-corrected chi connectivity index (χ1v) is 7.54. The summed E-state index contributed by atoms with van der Waals surface area (Å²) in [5.41, 5.74) is 3.57. The fourth-order valence-electron chi connectivity index (χ4n) is 1.80. The number of benzene rings is 1. The molecule has 0 aliphatic rings. The van der Waals surface area contributed by atoms with E-state index >= 15 is 0 Å². The van der Waals surface area contributed by atoms with Crippen LogP contribution in [0.5, 0.6) is 0 Å². The molecule has 0 amide bonds. The fourth-order valence-corrected chi connectivity index (χ4v) is 2.61. The molecule has 2 aromatic rings. The molecule has 0 aliphatic heterocycles. The van der Waals surface area contributed by atoms with E-state index in [0.717, 1.165) is 30.3 Å². The molecule has 2 rings (SSSR count). The lowest BCUT2D eigenvalue weighted by molar-refractivity contribution is 0.667. The van der Waals surface area contributed by atoms with Crippen LogP contribution in [0.4, 0.5) is 10.8 Å². The van der Waals surface area contributed by atoms with E-state index in [2.05, 4.69) is 65.7 Å². The van der Waals surface area contributed by atoms with Crippen LogP contribution in [0.2, 0.25) is 0 Å². The molecule has 0 fully saturated rings. The molecule has 102 valence electrons. The Morgan fingerprint density at radius 1 is 1.26 bits per heavy atom. The summed E-state index contributed by atoms with van der Waals surface area (Å²) in [4.78, 5) is 6.80. The van der Waals surface area contributed by atoms with Crippen LogP contribution < -0.4 is 10.2 Å². The summed E-state index contributed by atoms with van der Waals surface area (Å²) in [7, 11) is 2.06. The number of nitrogens with one attached hydrogen (secondary N) is 1. The lowest BCUT2D eigenvalue weighted by Crippen LogP contribution is -2.14. The minimum Gasteiger partial charge on any atom is -0.321 e. The summed E-state index contributed by atoms with van der Waals surface area (Å²) in [5, 5.41) is 6.54. The van der Waals surface area contributed by atoms with E-state index < -0.39 is 0 Å². The molecule has 19 heavy (non-hydrogen) atoms. The van der Waals surface area contributed by atoms with Gasteiger partial charge in [0.25, 0.3) is 0 Å². The highest BCUT2D eigenvalue weighted by Gasteiger charge is 2.08. The Labute approximate surface area is 119 Å². The lowest BCUT2D eigenvalue weighted by Gasteiger charge is -2.15. The standard InChI is InChI=1S/C15H21N3S/c1-4-9-16-10-13-11-19-15(17-13)18(3)14-7-5-12(2)6-8-14/h5-8,11,16H,4,9-10H2,1-3H3. The molecule has 0 spiro atoms. The molecule has 4 heteroatoms. The summed E-state index contributed by atoms with van der Waals surface area (Å²) < 4.78 is 0. The fraction of sp³-hybridized carbons (Fsp3) is 0.400. The van der Waals surface area contributed by atoms with E-state index in [4.69, 9.17) is 0 Å². The molecule has 1 aromatic heterocycles. The molecule has 0 atom stereocenters. The molecule has 0 saturated heterocycles. The first-order valence-electron chi connectivity index (χ1n) is 6.66. The van der Waals surface area contributed by atoms with Crippen molar-refractivity contribution in [3.8, 4) is 0 Å². The van der Waals surface area contributed by atoms with Crippen molar-refractivity contribution in [2.24, 2.45) is 0 Å². The number of rotatable bonds is 6. The van der Waals surface area contributed by atoms with E-state index in [1.807, 2.05) is 0 Å². The number of aromatic nitrogens is 1. The second-order valence-corrected chi connectivity index (χ2v) is 5.53. The van der Waals surface area contributed by atoms with Crippen molar-refractivity contribution in [2.45, 2.75) is 26.8 Å². The van der Waals surface area contributed by atoms with Crippen LogP contribution in [0.15, 0.2) is 29.6 Å². The van der Waals surface area contributed by atoms with Gasteiger partial charge in [0.15, 0.2) is 5.13 Å². The van der Waals surface area contributed by atoms with E-state index in [9.17, 15) is 0 Å². The second kappa shape index (κ2) is 6.68. The van der Waals surface area contributed by atoms with Crippen LogP contribution >= 0.6 is 11.3 Å². The average Bonchev–Trinajstić information content (AvgIpc) is 2.88. The number of hydrogen-bond donors (Lipinski definition) is 1. The molecule has 0 bridgehead atoms. The largest absolute Gasteiger partial charge is 0.321 e. The van der Waals surface area contributed by atoms with Crippen molar-refractivity contribution >= 4 is 22.2 Å². The zero-order chi connectivity index (χ0) is 13.7. The molecular formula is C15H21N3S. The Kier molecular flexibility index (Phi) is 4.93. The highest BCUT2D eigenvalue weighted by atomic mass is 32.1. The topological polar surface area (TPSA) is 28.2 Å². The first kappa shape index (κ1) is 14.0. The number of hydrogen-bond acceptors (Lipinski definition) is 4. The maximum Gasteiger partial charge on any atom is 0.189 e. The Bertz CT molecular complexity index is 504. The van der Waals surface area contributed by atoms with Crippen LogP contribution in [-0.4, -0.2) is 18.6 Å². The minimum atomic E-state index is 0.853. The molecule has 1 N–H and O–H groups in total. The van der Waals surface area contributed by atoms with Crippen molar-refractivity contribution in [3.63, 3.8) is 0 Å². The summed E-state index contributed by atoms with van der Waals surface area (Å²) >= 11 is 1.69. The van der Waals surface area contributed by atoms with Crippen LogP contribution in [0, 0.1) is 6.92 Å². The average molecular weight is 275 g/mol. The highest BCUT2D eigenvalue weighted by molar-refractivity contribution is 7.13. The molecule has 0 radical (unpaired) electrons. The molecule has 1 aromatic carbocycles. The third-order valence-electron chi connectivity index (χ3n) is 2.98. The molecule has 0 saturated carbocycles. The highest BCUT2D eigenvalue weighted by Crippen LogP contribution is 2.26. The Balaban J connectivity index is 2.03. The number of nitrogens with zero attached hydrogens (tertiary/aromatic N) is 2. The SMILES string of the molecule is CCCNCc1csc(N(C)c2ccc(C)cc2)n1. The first-order chi connectivity index (χ1) is 9.20. The van der Waals surface area contributed by atoms with Crippen molar-refractivity contribution < 1.29 is 0 Å². The molecule has 0 unspecified atom stereocenters. The van der Waals surface area contributed by atoms with Gasteiger partial charge in [-0.3, -0.25) is 0 Å². The Hall–Kier alpha value is -1.39. The Morgan fingerprint density at radius 3 is 2.68 bits per heavy atom. The van der Waals surface area contributed by atoms with E-state index in [-0.39, 0.29) is 0 Å². The van der Waals surface area contributed by atoms with Crippen molar-refractivity contribution in [1.82, 2.24) is 10.3 Å². The van der Waals surface area contributed by atoms with Gasteiger partial charge >= 0.3 is 0 Å². The van der Waals surface area contributed by atoms with Gasteiger partial charge in [0, 0.05) is 24.7 Å². The quantitative estimate of drug-likeness (QED) is 0.814. The lowest BCUT2D eigenvalue weighted by atomic mass is 10.2. The van der Waals surface area contributed by atoms with Gasteiger partial charge in [-0.15, -0.1) is 11.3 Å². The summed E-state index contributed by atoms with van der Waals surface area (Å²) in [5.74, 6) is 0. The molecular weight excluding hydrogens is 254 g/mol. The third kappa shape index (κ3) is 3.78. The van der Waals surface area contributed by atoms with E-state index in [1.165, 1.54) is 11.3 Å². The number of anilines is 2. The van der Waals surface area contributed by atoms with E-state index in [1.54, 1.807) is 11.3 Å². The maximum atomic E-state index is 4.66. The van der Waals surface area contributed by atoms with Gasteiger partial charge in [-0.1, -0.05) is 24.6 Å². The smallest absolute Gasteiger partial charge is 0.189 e. The Morgan fingerprint density at radius 2 is 2.00 bits per heavy atom. The van der Waals surface area contributed by atoms with E-state index in [0.29, 0.717) is 0 Å². The van der Waals surface area contributed by atoms with Gasteiger partial charge in [-0.2, -0.15) is 0 Å². The molecule has 0 aliphatic carbocycles. The summed E-state index contributed by atoms with van der Waals surface area (Å²) in [6.07, 6.45) is 1.15.